The van der Waals surface area contributed by atoms with Crippen molar-refractivity contribution in [2.24, 2.45) is 0 Å². The molecule has 2 aromatic heterocycles. The van der Waals surface area contributed by atoms with Gasteiger partial charge in [0, 0.05) is 13.0 Å². The molecule has 0 aromatic carbocycles. The molecule has 0 aliphatic heterocycles. The van der Waals surface area contributed by atoms with Crippen LogP contribution >= 0.6 is 0 Å². The van der Waals surface area contributed by atoms with Crippen LogP contribution in [0.25, 0.3) is 0 Å². The summed E-state index contributed by atoms with van der Waals surface area (Å²) in [5.74, 6) is 0.769. The second-order valence-electron chi connectivity index (χ2n) is 3.58. The van der Waals surface area contributed by atoms with Crippen LogP contribution in [0.4, 0.5) is 5.82 Å². The number of anilines is 1. The highest BCUT2D eigenvalue weighted by Gasteiger charge is 2.01. The van der Waals surface area contributed by atoms with E-state index >= 15 is 0 Å². The largest absolute Gasteiger partial charge is 0.370 e. The molecule has 0 unspecified atom stereocenters. The Bertz CT molecular complexity index is 525. The molecule has 6 heteroatoms. The highest BCUT2D eigenvalue weighted by molar-refractivity contribution is 5.42. The Kier molecular flexibility index (Phi) is 3.31. The number of aryl methyl sites for hydroxylation is 1. The number of nitrogens with one attached hydrogen (secondary N) is 2. The lowest BCUT2D eigenvalue weighted by atomic mass is 10.2. The van der Waals surface area contributed by atoms with Gasteiger partial charge in [0.1, 0.15) is 11.9 Å². The van der Waals surface area contributed by atoms with Crippen molar-refractivity contribution in [3.05, 3.63) is 35.3 Å². The van der Waals surface area contributed by atoms with E-state index in [9.17, 15) is 0 Å². The van der Waals surface area contributed by atoms with Crippen LogP contribution in [-0.4, -0.2) is 26.9 Å². The van der Waals surface area contributed by atoms with E-state index in [0.29, 0.717) is 5.56 Å². The predicted octanol–water partition coefficient (Wildman–Crippen LogP) is 1.03. The van der Waals surface area contributed by atoms with Crippen LogP contribution < -0.4 is 5.32 Å². The first-order chi connectivity index (χ1) is 8.29. The van der Waals surface area contributed by atoms with E-state index in [1.807, 2.05) is 6.92 Å². The Hall–Kier alpha value is -2.42. The summed E-state index contributed by atoms with van der Waals surface area (Å²) in [6.45, 7) is 2.55. The van der Waals surface area contributed by atoms with E-state index < -0.39 is 0 Å². The number of nitriles is 1. The van der Waals surface area contributed by atoms with Gasteiger partial charge in [-0.1, -0.05) is 0 Å². The third-order valence-electron chi connectivity index (χ3n) is 2.36. The zero-order valence-electron chi connectivity index (χ0n) is 9.44. The third kappa shape index (κ3) is 2.78. The normalized spacial score (nSPS) is 9.88. The smallest absolute Gasteiger partial charge is 0.126 e. The Morgan fingerprint density at radius 1 is 1.47 bits per heavy atom. The van der Waals surface area contributed by atoms with Crippen LogP contribution in [0.2, 0.25) is 0 Å². The fraction of sp³-hybridized carbons (Fsp3) is 0.273. The number of H-pyrrole nitrogens is 1. The zero-order chi connectivity index (χ0) is 12.1. The number of hydrogen-bond donors (Lipinski definition) is 2. The molecule has 0 saturated carbocycles. The lowest BCUT2D eigenvalue weighted by molar-refractivity contribution is 0.889. The molecule has 0 spiro atoms. The molecule has 2 heterocycles. The average molecular weight is 228 g/mol. The highest BCUT2D eigenvalue weighted by atomic mass is 15.3. The highest BCUT2D eigenvalue weighted by Crippen LogP contribution is 2.09. The average Bonchev–Trinajstić information content (AvgIpc) is 2.82. The molecule has 17 heavy (non-hydrogen) atoms. The second-order valence-corrected chi connectivity index (χ2v) is 3.58. The summed E-state index contributed by atoms with van der Waals surface area (Å²) >= 11 is 0. The van der Waals surface area contributed by atoms with Crippen molar-refractivity contribution in [1.82, 2.24) is 20.4 Å². The predicted molar refractivity (Wildman–Crippen MR) is 62.3 cm³/mol. The lowest BCUT2D eigenvalue weighted by Crippen LogP contribution is -2.07. The van der Waals surface area contributed by atoms with Gasteiger partial charge in [-0.2, -0.15) is 20.7 Å². The molecule has 86 valence electrons. The van der Waals surface area contributed by atoms with E-state index in [4.69, 9.17) is 5.26 Å². The van der Waals surface area contributed by atoms with E-state index in [1.165, 1.54) is 0 Å². The molecule has 2 rings (SSSR count). The molecule has 0 fully saturated rings. The first kappa shape index (κ1) is 11.1. The maximum atomic E-state index is 8.78. The first-order valence-corrected chi connectivity index (χ1v) is 5.26. The molecule has 0 bridgehead atoms. The van der Waals surface area contributed by atoms with Crippen LogP contribution in [0.1, 0.15) is 17.0 Å². The molecule has 0 aliphatic rings. The minimum Gasteiger partial charge on any atom is -0.370 e. The number of rotatable bonds is 4. The number of aromatic amines is 1. The van der Waals surface area contributed by atoms with Crippen molar-refractivity contribution >= 4 is 5.82 Å². The molecule has 0 radical (unpaired) electrons. The van der Waals surface area contributed by atoms with E-state index in [0.717, 1.165) is 30.2 Å². The van der Waals surface area contributed by atoms with Crippen LogP contribution in [0, 0.1) is 18.3 Å². The van der Waals surface area contributed by atoms with E-state index in [2.05, 4.69) is 31.8 Å². The van der Waals surface area contributed by atoms with Crippen LogP contribution in [0.5, 0.6) is 0 Å². The number of nitrogens with zero attached hydrogens (tertiary/aromatic N) is 4. The summed E-state index contributed by atoms with van der Waals surface area (Å²) in [4.78, 5) is 4.29. The SMILES string of the molecule is Cc1nc(NCCc2cn[nH]n2)ccc1C#N. The minimum absolute atomic E-state index is 0.604. The molecule has 2 aromatic rings. The zero-order valence-corrected chi connectivity index (χ0v) is 9.44. The van der Waals surface area contributed by atoms with E-state index in [1.54, 1.807) is 18.3 Å². The van der Waals surface area contributed by atoms with Gasteiger partial charge in [-0.15, -0.1) is 0 Å². The van der Waals surface area contributed by atoms with Crippen LogP contribution in [0.15, 0.2) is 18.3 Å². The Morgan fingerprint density at radius 3 is 3.00 bits per heavy atom. The number of pyridine rings is 1. The molecule has 0 atom stereocenters. The fourth-order valence-electron chi connectivity index (χ4n) is 1.44. The van der Waals surface area contributed by atoms with Gasteiger partial charge in [-0.05, 0) is 19.1 Å². The molecule has 0 aliphatic carbocycles. The number of aromatic nitrogens is 4. The maximum absolute atomic E-state index is 8.78. The second kappa shape index (κ2) is 5.07. The fourth-order valence-corrected chi connectivity index (χ4v) is 1.44. The molecule has 0 saturated heterocycles. The topological polar surface area (TPSA) is 90.3 Å². The van der Waals surface area contributed by atoms with Gasteiger partial charge in [0.05, 0.1) is 23.1 Å². The van der Waals surface area contributed by atoms with Gasteiger partial charge < -0.3 is 5.32 Å². The van der Waals surface area contributed by atoms with Crippen molar-refractivity contribution in [1.29, 1.82) is 5.26 Å². The van der Waals surface area contributed by atoms with Gasteiger partial charge in [0.2, 0.25) is 0 Å². The summed E-state index contributed by atoms with van der Waals surface area (Å²) in [6, 6.07) is 5.65. The molecule has 0 amide bonds. The van der Waals surface area contributed by atoms with Crippen molar-refractivity contribution < 1.29 is 0 Å². The summed E-state index contributed by atoms with van der Waals surface area (Å²) in [5, 5.41) is 22.2. The summed E-state index contributed by atoms with van der Waals surface area (Å²) in [7, 11) is 0. The Balaban J connectivity index is 1.91. The van der Waals surface area contributed by atoms with Crippen molar-refractivity contribution in [3.8, 4) is 6.07 Å². The summed E-state index contributed by atoms with van der Waals surface area (Å²) in [6.07, 6.45) is 2.47. The Labute approximate surface area is 98.7 Å². The number of hydrogen-bond acceptors (Lipinski definition) is 5. The Morgan fingerprint density at radius 2 is 2.35 bits per heavy atom. The monoisotopic (exact) mass is 228 g/mol. The van der Waals surface area contributed by atoms with E-state index in [-0.39, 0.29) is 0 Å². The van der Waals surface area contributed by atoms with Gasteiger partial charge in [0.15, 0.2) is 0 Å². The first-order valence-electron chi connectivity index (χ1n) is 5.26. The van der Waals surface area contributed by atoms with Crippen molar-refractivity contribution in [3.63, 3.8) is 0 Å². The molecular formula is C11H12N6. The van der Waals surface area contributed by atoms with Gasteiger partial charge in [-0.3, -0.25) is 0 Å². The standard InChI is InChI=1S/C11H12N6/c1-8-9(6-12)2-3-11(15-8)13-5-4-10-7-14-17-16-10/h2-3,7H,4-5H2,1H3,(H,13,15)(H,14,16,17). The quantitative estimate of drug-likeness (QED) is 0.815. The summed E-state index contributed by atoms with van der Waals surface area (Å²) < 4.78 is 0. The summed E-state index contributed by atoms with van der Waals surface area (Å²) in [5.41, 5.74) is 2.24. The molecule has 6 nitrogen and oxygen atoms in total. The minimum atomic E-state index is 0.604. The maximum Gasteiger partial charge on any atom is 0.126 e. The van der Waals surface area contributed by atoms with Gasteiger partial charge >= 0.3 is 0 Å². The van der Waals surface area contributed by atoms with Gasteiger partial charge in [-0.25, -0.2) is 4.98 Å². The van der Waals surface area contributed by atoms with Crippen molar-refractivity contribution in [2.45, 2.75) is 13.3 Å². The van der Waals surface area contributed by atoms with Crippen LogP contribution in [0.3, 0.4) is 0 Å². The lowest BCUT2D eigenvalue weighted by Gasteiger charge is -2.05. The molecule has 2 N–H and O–H groups in total. The van der Waals surface area contributed by atoms with Crippen LogP contribution in [-0.2, 0) is 6.42 Å². The third-order valence-corrected chi connectivity index (χ3v) is 2.36. The van der Waals surface area contributed by atoms with Crippen molar-refractivity contribution in [2.75, 3.05) is 11.9 Å². The molecular weight excluding hydrogens is 216 g/mol. The van der Waals surface area contributed by atoms with Gasteiger partial charge in [0.25, 0.3) is 0 Å².